The zero-order valence-corrected chi connectivity index (χ0v) is 17.0. The highest BCUT2D eigenvalue weighted by Gasteiger charge is 2.14. The SMILES string of the molecule is O=c1[nH]c2cc(-c3cccc(Cl)c3Cl)ccc2c(=O)n1-c1cccc2ccccc12. The molecule has 0 aliphatic heterocycles. The predicted octanol–water partition coefficient (Wildman–Crippen LogP) is 5.81. The summed E-state index contributed by atoms with van der Waals surface area (Å²) in [7, 11) is 0. The maximum Gasteiger partial charge on any atom is 0.333 e. The van der Waals surface area contributed by atoms with E-state index in [9.17, 15) is 9.59 Å². The van der Waals surface area contributed by atoms with Crippen LogP contribution in [-0.2, 0) is 0 Å². The van der Waals surface area contributed by atoms with Crippen molar-refractivity contribution in [1.29, 1.82) is 0 Å². The minimum atomic E-state index is -0.502. The van der Waals surface area contributed by atoms with E-state index < -0.39 is 5.69 Å². The standard InChI is InChI=1S/C24H14Cl2N2O2/c25-19-9-4-8-17(22(19)26)15-11-12-18-20(13-15)27-24(30)28(23(18)29)21-10-3-6-14-5-1-2-7-16(14)21/h1-13H,(H,27,30). The minimum Gasteiger partial charge on any atom is -0.306 e. The lowest BCUT2D eigenvalue weighted by Crippen LogP contribution is -2.33. The number of fused-ring (bicyclic) bond motifs is 2. The van der Waals surface area contributed by atoms with Crippen LogP contribution in [0.2, 0.25) is 10.0 Å². The van der Waals surface area contributed by atoms with E-state index in [0.29, 0.717) is 26.6 Å². The maximum absolute atomic E-state index is 13.3. The predicted molar refractivity (Wildman–Crippen MR) is 123 cm³/mol. The van der Waals surface area contributed by atoms with Gasteiger partial charge in [-0.2, -0.15) is 0 Å². The molecule has 5 rings (SSSR count). The number of rotatable bonds is 2. The third-order valence-electron chi connectivity index (χ3n) is 5.17. The second kappa shape index (κ2) is 7.17. The van der Waals surface area contributed by atoms with Crippen LogP contribution in [0.1, 0.15) is 0 Å². The fourth-order valence-electron chi connectivity index (χ4n) is 3.73. The summed E-state index contributed by atoms with van der Waals surface area (Å²) in [6.07, 6.45) is 0. The zero-order valence-electron chi connectivity index (χ0n) is 15.5. The van der Waals surface area contributed by atoms with Crippen molar-refractivity contribution in [3.63, 3.8) is 0 Å². The van der Waals surface area contributed by atoms with Gasteiger partial charge >= 0.3 is 5.69 Å². The van der Waals surface area contributed by atoms with Crippen LogP contribution in [-0.4, -0.2) is 9.55 Å². The lowest BCUT2D eigenvalue weighted by atomic mass is 10.0. The van der Waals surface area contributed by atoms with Crippen LogP contribution >= 0.6 is 23.2 Å². The van der Waals surface area contributed by atoms with Crippen molar-refractivity contribution in [2.24, 2.45) is 0 Å². The number of aromatic nitrogens is 2. The van der Waals surface area contributed by atoms with Gasteiger partial charge in [0.1, 0.15) is 0 Å². The van der Waals surface area contributed by atoms with Gasteiger partial charge < -0.3 is 4.98 Å². The van der Waals surface area contributed by atoms with Crippen LogP contribution in [0.3, 0.4) is 0 Å². The first-order valence-corrected chi connectivity index (χ1v) is 10.0. The molecule has 0 aliphatic carbocycles. The number of halogens is 2. The summed E-state index contributed by atoms with van der Waals surface area (Å²) in [6.45, 7) is 0. The number of nitrogens with one attached hydrogen (secondary N) is 1. The van der Waals surface area contributed by atoms with E-state index in [-0.39, 0.29) is 5.56 Å². The Balaban J connectivity index is 1.77. The summed E-state index contributed by atoms with van der Waals surface area (Å²) in [5.41, 5.74) is 1.59. The summed E-state index contributed by atoms with van der Waals surface area (Å²) in [5, 5.41) is 3.05. The molecule has 146 valence electrons. The normalized spacial score (nSPS) is 11.3. The van der Waals surface area contributed by atoms with Crippen LogP contribution < -0.4 is 11.2 Å². The average Bonchev–Trinajstić information content (AvgIpc) is 2.75. The Morgan fingerprint density at radius 2 is 1.53 bits per heavy atom. The Labute approximate surface area is 180 Å². The molecular weight excluding hydrogens is 419 g/mol. The molecule has 1 heterocycles. The number of aromatic amines is 1. The van der Waals surface area contributed by atoms with Gasteiger partial charge in [0.05, 0.1) is 26.6 Å². The van der Waals surface area contributed by atoms with Crippen LogP contribution in [0.15, 0.2) is 88.5 Å². The highest BCUT2D eigenvalue weighted by Crippen LogP contribution is 2.34. The number of H-pyrrole nitrogens is 1. The van der Waals surface area contributed by atoms with E-state index in [1.807, 2.05) is 42.5 Å². The fourth-order valence-corrected chi connectivity index (χ4v) is 4.14. The molecule has 0 unspecified atom stereocenters. The molecule has 1 aromatic heterocycles. The minimum absolute atomic E-state index is 0.381. The van der Waals surface area contributed by atoms with Crippen LogP contribution in [0.25, 0.3) is 38.5 Å². The highest BCUT2D eigenvalue weighted by molar-refractivity contribution is 6.43. The van der Waals surface area contributed by atoms with Gasteiger partial charge in [-0.15, -0.1) is 0 Å². The smallest absolute Gasteiger partial charge is 0.306 e. The third kappa shape index (κ3) is 2.93. The van der Waals surface area contributed by atoms with Gasteiger partial charge in [-0.1, -0.05) is 77.8 Å². The first-order valence-electron chi connectivity index (χ1n) is 9.26. The number of hydrogen-bond donors (Lipinski definition) is 1. The molecule has 30 heavy (non-hydrogen) atoms. The lowest BCUT2D eigenvalue weighted by Gasteiger charge is -2.11. The van der Waals surface area contributed by atoms with Gasteiger partial charge in [0.2, 0.25) is 0 Å². The molecule has 5 aromatic rings. The molecule has 0 spiro atoms. The van der Waals surface area contributed by atoms with Crippen molar-refractivity contribution >= 4 is 44.9 Å². The van der Waals surface area contributed by atoms with E-state index in [0.717, 1.165) is 21.9 Å². The Morgan fingerprint density at radius 3 is 2.40 bits per heavy atom. The Morgan fingerprint density at radius 1 is 0.767 bits per heavy atom. The van der Waals surface area contributed by atoms with Gasteiger partial charge in [0.15, 0.2) is 0 Å². The van der Waals surface area contributed by atoms with Crippen molar-refractivity contribution < 1.29 is 0 Å². The second-order valence-electron chi connectivity index (χ2n) is 6.93. The number of hydrogen-bond acceptors (Lipinski definition) is 2. The average molecular weight is 433 g/mol. The monoisotopic (exact) mass is 432 g/mol. The molecule has 0 aliphatic rings. The molecular formula is C24H14Cl2N2O2. The summed E-state index contributed by atoms with van der Waals surface area (Å²) >= 11 is 12.5. The fraction of sp³-hybridized carbons (Fsp3) is 0. The molecule has 4 aromatic carbocycles. The summed E-state index contributed by atoms with van der Waals surface area (Å²) in [6, 6.07) is 23.8. The van der Waals surface area contributed by atoms with Crippen LogP contribution in [0.5, 0.6) is 0 Å². The molecule has 0 bridgehead atoms. The van der Waals surface area contributed by atoms with Gasteiger partial charge in [-0.3, -0.25) is 4.79 Å². The zero-order chi connectivity index (χ0) is 20.8. The first kappa shape index (κ1) is 18.7. The number of nitrogens with zero attached hydrogens (tertiary/aromatic N) is 1. The van der Waals surface area contributed by atoms with E-state index >= 15 is 0 Å². The van der Waals surface area contributed by atoms with Gasteiger partial charge in [-0.05, 0) is 35.2 Å². The molecule has 4 nitrogen and oxygen atoms in total. The van der Waals surface area contributed by atoms with Gasteiger partial charge in [-0.25, -0.2) is 9.36 Å². The summed E-state index contributed by atoms with van der Waals surface area (Å²) < 4.78 is 1.18. The van der Waals surface area contributed by atoms with E-state index in [1.165, 1.54) is 4.57 Å². The van der Waals surface area contributed by atoms with Gasteiger partial charge in [0.25, 0.3) is 5.56 Å². The molecule has 0 amide bonds. The molecule has 0 saturated carbocycles. The molecule has 6 heteroatoms. The summed E-state index contributed by atoms with van der Waals surface area (Å²) in [4.78, 5) is 29.0. The Bertz CT molecular complexity index is 1560. The lowest BCUT2D eigenvalue weighted by molar-refractivity contribution is 0.908. The van der Waals surface area contributed by atoms with Crippen molar-refractivity contribution in [1.82, 2.24) is 9.55 Å². The van der Waals surface area contributed by atoms with Crippen molar-refractivity contribution in [3.8, 4) is 16.8 Å². The maximum atomic E-state index is 13.3. The number of benzene rings is 4. The Kier molecular flexibility index (Phi) is 4.46. The molecule has 1 N–H and O–H groups in total. The topological polar surface area (TPSA) is 54.9 Å². The third-order valence-corrected chi connectivity index (χ3v) is 5.99. The second-order valence-corrected chi connectivity index (χ2v) is 7.72. The van der Waals surface area contributed by atoms with Gasteiger partial charge in [0, 0.05) is 10.9 Å². The summed E-state index contributed by atoms with van der Waals surface area (Å²) in [5.74, 6) is 0. The van der Waals surface area contributed by atoms with Crippen molar-refractivity contribution in [3.05, 3.63) is 110 Å². The van der Waals surface area contributed by atoms with E-state index in [1.54, 1.807) is 36.4 Å². The molecule has 0 radical (unpaired) electrons. The molecule has 0 fully saturated rings. The van der Waals surface area contributed by atoms with Crippen molar-refractivity contribution in [2.75, 3.05) is 0 Å². The van der Waals surface area contributed by atoms with E-state index in [4.69, 9.17) is 23.2 Å². The van der Waals surface area contributed by atoms with Crippen molar-refractivity contribution in [2.45, 2.75) is 0 Å². The van der Waals surface area contributed by atoms with Crippen LogP contribution in [0.4, 0.5) is 0 Å². The Hall–Kier alpha value is -3.34. The molecule has 0 atom stereocenters. The first-order chi connectivity index (χ1) is 14.5. The molecule has 0 saturated heterocycles. The quantitative estimate of drug-likeness (QED) is 0.382. The van der Waals surface area contributed by atoms with Crippen LogP contribution in [0, 0.1) is 0 Å². The van der Waals surface area contributed by atoms with E-state index in [2.05, 4.69) is 4.98 Å². The highest BCUT2D eigenvalue weighted by atomic mass is 35.5. The largest absolute Gasteiger partial charge is 0.333 e.